The number of benzene rings is 1. The summed E-state index contributed by atoms with van der Waals surface area (Å²) in [5.41, 5.74) is 1.51. The second kappa shape index (κ2) is 6.65. The van der Waals surface area contributed by atoms with Gasteiger partial charge in [0.05, 0.1) is 12.4 Å². The molecule has 5 heteroatoms. The summed E-state index contributed by atoms with van der Waals surface area (Å²) in [6.07, 6.45) is 3.82. The second-order valence-corrected chi connectivity index (χ2v) is 4.60. The first-order valence-corrected chi connectivity index (χ1v) is 6.53. The van der Waals surface area contributed by atoms with E-state index < -0.39 is 0 Å². The fourth-order valence-corrected chi connectivity index (χ4v) is 1.91. The van der Waals surface area contributed by atoms with Crippen molar-refractivity contribution in [3.8, 4) is 0 Å². The quantitative estimate of drug-likeness (QED) is 0.870. The van der Waals surface area contributed by atoms with E-state index in [1.54, 1.807) is 13.2 Å². The van der Waals surface area contributed by atoms with Gasteiger partial charge < -0.3 is 10.6 Å². The topological polar surface area (TPSA) is 66.9 Å². The van der Waals surface area contributed by atoms with Crippen molar-refractivity contribution in [2.24, 2.45) is 0 Å². The van der Waals surface area contributed by atoms with Gasteiger partial charge in [-0.2, -0.15) is 0 Å². The van der Waals surface area contributed by atoms with Gasteiger partial charge >= 0.3 is 0 Å². The van der Waals surface area contributed by atoms with Gasteiger partial charge in [-0.25, -0.2) is 4.98 Å². The van der Waals surface area contributed by atoms with E-state index in [2.05, 4.69) is 20.6 Å². The van der Waals surface area contributed by atoms with Crippen LogP contribution < -0.4 is 10.6 Å². The van der Waals surface area contributed by atoms with E-state index in [1.807, 2.05) is 37.3 Å². The van der Waals surface area contributed by atoms with Crippen molar-refractivity contribution in [2.45, 2.75) is 19.4 Å². The fourth-order valence-electron chi connectivity index (χ4n) is 1.91. The molecule has 1 atom stereocenters. The van der Waals surface area contributed by atoms with Crippen LogP contribution in [0.25, 0.3) is 0 Å². The smallest absolute Gasteiger partial charge is 0.271 e. The number of rotatable bonds is 5. The number of anilines is 1. The Labute approximate surface area is 118 Å². The first-order valence-electron chi connectivity index (χ1n) is 6.53. The van der Waals surface area contributed by atoms with Crippen molar-refractivity contribution in [2.75, 3.05) is 12.4 Å². The average Bonchev–Trinajstić information content (AvgIpc) is 2.48. The molecule has 0 saturated carbocycles. The van der Waals surface area contributed by atoms with Gasteiger partial charge in [-0.15, -0.1) is 0 Å². The Bertz CT molecular complexity index is 571. The third kappa shape index (κ3) is 3.78. The Kier molecular flexibility index (Phi) is 4.65. The molecular weight excluding hydrogens is 252 g/mol. The van der Waals surface area contributed by atoms with E-state index in [0.717, 1.165) is 6.42 Å². The van der Waals surface area contributed by atoms with Crippen LogP contribution in [0.3, 0.4) is 0 Å². The van der Waals surface area contributed by atoms with Crippen LogP contribution in [0.5, 0.6) is 0 Å². The highest BCUT2D eigenvalue weighted by molar-refractivity contribution is 5.92. The SMILES string of the molecule is CNc1cncc(C(=O)NC(C)Cc2ccccc2)n1. The summed E-state index contributed by atoms with van der Waals surface area (Å²) in [4.78, 5) is 20.2. The molecule has 0 fully saturated rings. The molecule has 1 heterocycles. The highest BCUT2D eigenvalue weighted by Crippen LogP contribution is 2.05. The average molecular weight is 270 g/mol. The van der Waals surface area contributed by atoms with Crippen molar-refractivity contribution in [1.29, 1.82) is 0 Å². The maximum atomic E-state index is 12.1. The number of nitrogens with one attached hydrogen (secondary N) is 2. The number of aromatic nitrogens is 2. The molecule has 1 amide bonds. The molecule has 1 aromatic carbocycles. The van der Waals surface area contributed by atoms with Gasteiger partial charge in [-0.3, -0.25) is 9.78 Å². The fraction of sp³-hybridized carbons (Fsp3) is 0.267. The zero-order valence-corrected chi connectivity index (χ0v) is 11.6. The third-order valence-electron chi connectivity index (χ3n) is 2.89. The molecule has 20 heavy (non-hydrogen) atoms. The number of amides is 1. The molecule has 5 nitrogen and oxygen atoms in total. The van der Waals surface area contributed by atoms with Crippen molar-refractivity contribution >= 4 is 11.7 Å². The van der Waals surface area contributed by atoms with E-state index in [9.17, 15) is 4.79 Å². The normalized spacial score (nSPS) is 11.7. The molecule has 2 N–H and O–H groups in total. The van der Waals surface area contributed by atoms with Gasteiger partial charge in [-0.05, 0) is 18.9 Å². The van der Waals surface area contributed by atoms with E-state index in [0.29, 0.717) is 11.5 Å². The molecule has 0 radical (unpaired) electrons. The Morgan fingerprint density at radius 1 is 1.25 bits per heavy atom. The standard InChI is InChI=1S/C15H18N4O/c1-11(8-12-6-4-3-5-7-12)18-15(20)13-9-17-10-14(16-2)19-13/h3-7,9-11H,8H2,1-2H3,(H,16,19)(H,18,20). The van der Waals surface area contributed by atoms with Crippen LogP contribution in [-0.4, -0.2) is 29.0 Å². The minimum absolute atomic E-state index is 0.0324. The lowest BCUT2D eigenvalue weighted by Gasteiger charge is -2.13. The molecule has 104 valence electrons. The first-order chi connectivity index (χ1) is 9.69. The van der Waals surface area contributed by atoms with Gasteiger partial charge in [0.1, 0.15) is 11.5 Å². The number of nitrogens with zero attached hydrogens (tertiary/aromatic N) is 2. The van der Waals surface area contributed by atoms with Gasteiger partial charge in [-0.1, -0.05) is 30.3 Å². The molecule has 1 unspecified atom stereocenters. The second-order valence-electron chi connectivity index (χ2n) is 4.60. The summed E-state index contributed by atoms with van der Waals surface area (Å²) < 4.78 is 0. The highest BCUT2D eigenvalue weighted by atomic mass is 16.1. The molecule has 0 aliphatic heterocycles. The summed E-state index contributed by atoms with van der Waals surface area (Å²) in [6, 6.07) is 10.1. The summed E-state index contributed by atoms with van der Waals surface area (Å²) in [7, 11) is 1.74. The Hall–Kier alpha value is -2.43. The zero-order chi connectivity index (χ0) is 14.4. The lowest BCUT2D eigenvalue weighted by atomic mass is 10.1. The molecule has 0 aliphatic rings. The Morgan fingerprint density at radius 2 is 2.00 bits per heavy atom. The van der Waals surface area contributed by atoms with Gasteiger partial charge in [0.15, 0.2) is 0 Å². The maximum absolute atomic E-state index is 12.1. The van der Waals surface area contributed by atoms with Crippen LogP contribution in [0.1, 0.15) is 23.0 Å². The largest absolute Gasteiger partial charge is 0.372 e. The molecule has 2 rings (SSSR count). The van der Waals surface area contributed by atoms with Crippen LogP contribution in [-0.2, 0) is 6.42 Å². The number of carbonyl (C=O) groups is 1. The minimum atomic E-state index is -0.210. The number of carbonyl (C=O) groups excluding carboxylic acids is 1. The number of hydrogen-bond acceptors (Lipinski definition) is 4. The van der Waals surface area contributed by atoms with E-state index in [1.165, 1.54) is 11.8 Å². The van der Waals surface area contributed by atoms with Crippen molar-refractivity contribution in [1.82, 2.24) is 15.3 Å². The highest BCUT2D eigenvalue weighted by Gasteiger charge is 2.12. The Morgan fingerprint density at radius 3 is 2.70 bits per heavy atom. The summed E-state index contributed by atoms with van der Waals surface area (Å²) >= 11 is 0. The van der Waals surface area contributed by atoms with Crippen LogP contribution >= 0.6 is 0 Å². The Balaban J connectivity index is 1.96. The third-order valence-corrected chi connectivity index (χ3v) is 2.89. The lowest BCUT2D eigenvalue weighted by molar-refractivity contribution is 0.0935. The zero-order valence-electron chi connectivity index (χ0n) is 11.6. The minimum Gasteiger partial charge on any atom is -0.372 e. The monoisotopic (exact) mass is 270 g/mol. The first kappa shape index (κ1) is 14.0. The van der Waals surface area contributed by atoms with E-state index >= 15 is 0 Å². The van der Waals surface area contributed by atoms with Crippen molar-refractivity contribution in [3.63, 3.8) is 0 Å². The molecule has 0 bridgehead atoms. The van der Waals surface area contributed by atoms with Gasteiger partial charge in [0.25, 0.3) is 5.91 Å². The molecule has 0 spiro atoms. The number of hydrogen-bond donors (Lipinski definition) is 2. The summed E-state index contributed by atoms with van der Waals surface area (Å²) in [5.74, 6) is 0.367. The predicted octanol–water partition coefficient (Wildman–Crippen LogP) is 1.88. The summed E-state index contributed by atoms with van der Waals surface area (Å²) in [5, 5.41) is 5.79. The van der Waals surface area contributed by atoms with Crippen LogP contribution in [0.15, 0.2) is 42.7 Å². The van der Waals surface area contributed by atoms with Crippen LogP contribution in [0, 0.1) is 0 Å². The van der Waals surface area contributed by atoms with Crippen molar-refractivity contribution < 1.29 is 4.79 Å². The molecule has 1 aromatic heterocycles. The van der Waals surface area contributed by atoms with Crippen molar-refractivity contribution in [3.05, 3.63) is 54.0 Å². The van der Waals surface area contributed by atoms with E-state index in [-0.39, 0.29) is 11.9 Å². The molecule has 0 aliphatic carbocycles. The predicted molar refractivity (Wildman–Crippen MR) is 78.7 cm³/mol. The lowest BCUT2D eigenvalue weighted by Crippen LogP contribution is -2.34. The van der Waals surface area contributed by atoms with E-state index in [4.69, 9.17) is 0 Å². The van der Waals surface area contributed by atoms with Gasteiger partial charge in [0, 0.05) is 13.1 Å². The summed E-state index contributed by atoms with van der Waals surface area (Å²) in [6.45, 7) is 1.97. The van der Waals surface area contributed by atoms with Crippen LogP contribution in [0.4, 0.5) is 5.82 Å². The maximum Gasteiger partial charge on any atom is 0.271 e. The molecule has 0 saturated heterocycles. The van der Waals surface area contributed by atoms with Gasteiger partial charge in [0.2, 0.25) is 0 Å². The molecule has 2 aromatic rings. The van der Waals surface area contributed by atoms with Crippen LogP contribution in [0.2, 0.25) is 0 Å². The molecular formula is C15H18N4O.